The molecule has 110 valence electrons. The molecule has 3 aliphatic rings. The fourth-order valence-electron chi connectivity index (χ4n) is 2.51. The van der Waals surface area contributed by atoms with E-state index in [1.807, 2.05) is 6.20 Å². The highest BCUT2D eigenvalue weighted by atomic mass is 32.2. The fourth-order valence-corrected chi connectivity index (χ4v) is 3.79. The predicted octanol–water partition coefficient (Wildman–Crippen LogP) is 1.20. The number of thiocarbonyl (C=S) groups is 1. The average Bonchev–Trinajstić information content (AvgIpc) is 3.05. The Bertz CT molecular complexity index is 429. The summed E-state index contributed by atoms with van der Waals surface area (Å²) in [6.07, 6.45) is 4.15. The molecule has 5 nitrogen and oxygen atoms in total. The van der Waals surface area contributed by atoms with Crippen LogP contribution in [0.25, 0.3) is 0 Å². The Hall–Kier alpha value is -0.630. The van der Waals surface area contributed by atoms with Gasteiger partial charge in [-0.2, -0.15) is 0 Å². The summed E-state index contributed by atoms with van der Waals surface area (Å²) in [5, 5.41) is 0. The molecule has 0 bridgehead atoms. The number of morpholine rings is 1. The molecule has 1 amide bonds. The number of thioether (sulfide) groups is 1. The predicted molar refractivity (Wildman–Crippen MR) is 81.4 cm³/mol. The summed E-state index contributed by atoms with van der Waals surface area (Å²) in [6.45, 7) is 4.47. The maximum absolute atomic E-state index is 12.4. The fraction of sp³-hybridized carbons (Fsp3) is 0.692. The van der Waals surface area contributed by atoms with Crippen molar-refractivity contribution in [2.24, 2.45) is 0 Å². The quantitative estimate of drug-likeness (QED) is 0.576. The van der Waals surface area contributed by atoms with Crippen molar-refractivity contribution in [3.63, 3.8) is 0 Å². The SMILES string of the molecule is O=C1/C(=C\N2CCOCC2)SC(=S)N1CC1CCCO1. The smallest absolute Gasteiger partial charge is 0.267 e. The molecular weight excluding hydrogens is 296 g/mol. The molecule has 20 heavy (non-hydrogen) atoms. The van der Waals surface area contributed by atoms with E-state index in [9.17, 15) is 4.79 Å². The summed E-state index contributed by atoms with van der Waals surface area (Å²) in [5.74, 6) is 0.0157. The van der Waals surface area contributed by atoms with Crippen LogP contribution in [0.1, 0.15) is 12.8 Å². The second-order valence-electron chi connectivity index (χ2n) is 5.06. The Labute approximate surface area is 128 Å². The van der Waals surface area contributed by atoms with Crippen molar-refractivity contribution >= 4 is 34.2 Å². The van der Waals surface area contributed by atoms with Gasteiger partial charge in [0.05, 0.1) is 30.8 Å². The van der Waals surface area contributed by atoms with Crippen molar-refractivity contribution in [1.82, 2.24) is 9.80 Å². The van der Waals surface area contributed by atoms with E-state index in [4.69, 9.17) is 21.7 Å². The first-order valence-electron chi connectivity index (χ1n) is 6.93. The Morgan fingerprint density at radius 3 is 2.85 bits per heavy atom. The molecule has 0 radical (unpaired) electrons. The second kappa shape index (κ2) is 6.43. The number of carbonyl (C=O) groups excluding carboxylic acids is 1. The van der Waals surface area contributed by atoms with E-state index in [0.29, 0.717) is 24.1 Å². The highest BCUT2D eigenvalue weighted by Crippen LogP contribution is 2.32. The Morgan fingerprint density at radius 2 is 2.15 bits per heavy atom. The van der Waals surface area contributed by atoms with Crippen LogP contribution in [-0.4, -0.2) is 65.6 Å². The van der Waals surface area contributed by atoms with Crippen LogP contribution in [0.15, 0.2) is 11.1 Å². The number of carbonyl (C=O) groups is 1. The number of amides is 1. The highest BCUT2D eigenvalue weighted by molar-refractivity contribution is 8.26. The van der Waals surface area contributed by atoms with Gasteiger partial charge in [0.25, 0.3) is 5.91 Å². The number of hydrogen-bond donors (Lipinski definition) is 0. The summed E-state index contributed by atoms with van der Waals surface area (Å²) in [7, 11) is 0. The minimum Gasteiger partial charge on any atom is -0.378 e. The zero-order chi connectivity index (χ0) is 13.9. The Kier molecular flexibility index (Phi) is 4.60. The van der Waals surface area contributed by atoms with Gasteiger partial charge in [-0.05, 0) is 12.8 Å². The van der Waals surface area contributed by atoms with Crippen molar-refractivity contribution in [2.75, 3.05) is 39.5 Å². The van der Waals surface area contributed by atoms with E-state index < -0.39 is 0 Å². The molecule has 3 saturated heterocycles. The zero-order valence-corrected chi connectivity index (χ0v) is 12.9. The monoisotopic (exact) mass is 314 g/mol. The molecule has 0 spiro atoms. The molecule has 0 aromatic rings. The summed E-state index contributed by atoms with van der Waals surface area (Å²) < 4.78 is 11.5. The van der Waals surface area contributed by atoms with Crippen LogP contribution in [-0.2, 0) is 14.3 Å². The van der Waals surface area contributed by atoms with Gasteiger partial charge >= 0.3 is 0 Å². The molecule has 1 atom stereocenters. The molecule has 0 aromatic heterocycles. The van der Waals surface area contributed by atoms with Crippen molar-refractivity contribution in [3.05, 3.63) is 11.1 Å². The number of hydrogen-bond acceptors (Lipinski definition) is 6. The van der Waals surface area contributed by atoms with Gasteiger partial charge in [0.15, 0.2) is 0 Å². The largest absolute Gasteiger partial charge is 0.378 e. The number of rotatable bonds is 3. The summed E-state index contributed by atoms with van der Waals surface area (Å²) in [4.78, 5) is 16.9. The van der Waals surface area contributed by atoms with E-state index in [2.05, 4.69) is 4.90 Å². The van der Waals surface area contributed by atoms with Crippen molar-refractivity contribution < 1.29 is 14.3 Å². The molecule has 0 aliphatic carbocycles. The van der Waals surface area contributed by atoms with Gasteiger partial charge in [-0.25, -0.2) is 0 Å². The molecule has 3 fully saturated rings. The lowest BCUT2D eigenvalue weighted by Gasteiger charge is -2.25. The minimum absolute atomic E-state index is 0.0157. The van der Waals surface area contributed by atoms with Crippen LogP contribution in [0.5, 0.6) is 0 Å². The van der Waals surface area contributed by atoms with Crippen LogP contribution in [0.3, 0.4) is 0 Å². The molecule has 3 rings (SSSR count). The molecule has 0 N–H and O–H groups in total. The highest BCUT2D eigenvalue weighted by Gasteiger charge is 2.35. The van der Waals surface area contributed by atoms with Gasteiger partial charge in [0.2, 0.25) is 0 Å². The third-order valence-electron chi connectivity index (χ3n) is 3.63. The average molecular weight is 314 g/mol. The first-order valence-corrected chi connectivity index (χ1v) is 8.15. The lowest BCUT2D eigenvalue weighted by molar-refractivity contribution is -0.123. The van der Waals surface area contributed by atoms with Gasteiger partial charge in [-0.1, -0.05) is 24.0 Å². The van der Waals surface area contributed by atoms with Gasteiger partial charge in [0.1, 0.15) is 4.32 Å². The first kappa shape index (κ1) is 14.3. The maximum Gasteiger partial charge on any atom is 0.267 e. The Balaban J connectivity index is 1.64. The van der Waals surface area contributed by atoms with E-state index in [1.165, 1.54) is 11.8 Å². The standard InChI is InChI=1S/C13H18N2O3S2/c16-12-11(9-14-3-6-17-7-4-14)20-13(19)15(12)8-10-2-1-5-18-10/h9-10H,1-8H2/b11-9+. The van der Waals surface area contributed by atoms with E-state index >= 15 is 0 Å². The molecule has 7 heteroatoms. The van der Waals surface area contributed by atoms with Crippen LogP contribution in [0.2, 0.25) is 0 Å². The van der Waals surface area contributed by atoms with E-state index in [-0.39, 0.29) is 12.0 Å². The molecule has 3 aliphatic heterocycles. The van der Waals surface area contributed by atoms with E-state index in [1.54, 1.807) is 4.90 Å². The Morgan fingerprint density at radius 1 is 1.35 bits per heavy atom. The van der Waals surface area contributed by atoms with Crippen molar-refractivity contribution in [1.29, 1.82) is 0 Å². The van der Waals surface area contributed by atoms with Crippen LogP contribution in [0.4, 0.5) is 0 Å². The van der Waals surface area contributed by atoms with Gasteiger partial charge in [0, 0.05) is 25.9 Å². The minimum atomic E-state index is 0.0157. The van der Waals surface area contributed by atoms with Crippen LogP contribution < -0.4 is 0 Å². The van der Waals surface area contributed by atoms with E-state index in [0.717, 1.165) is 37.4 Å². The molecule has 0 saturated carbocycles. The van der Waals surface area contributed by atoms with Crippen molar-refractivity contribution in [3.8, 4) is 0 Å². The molecule has 0 aromatic carbocycles. The van der Waals surface area contributed by atoms with Gasteiger partial charge in [-0.3, -0.25) is 9.69 Å². The third-order valence-corrected chi connectivity index (χ3v) is 4.99. The van der Waals surface area contributed by atoms with Crippen LogP contribution in [0, 0.1) is 0 Å². The molecule has 3 heterocycles. The lowest BCUT2D eigenvalue weighted by atomic mass is 10.2. The summed E-state index contributed by atoms with van der Waals surface area (Å²) >= 11 is 6.72. The molecule has 1 unspecified atom stereocenters. The lowest BCUT2D eigenvalue weighted by Crippen LogP contribution is -2.36. The normalized spacial score (nSPS) is 29.8. The zero-order valence-electron chi connectivity index (χ0n) is 11.2. The topological polar surface area (TPSA) is 42.0 Å². The van der Waals surface area contributed by atoms with Crippen molar-refractivity contribution in [2.45, 2.75) is 18.9 Å². The molecular formula is C13H18N2O3S2. The third kappa shape index (κ3) is 3.16. The van der Waals surface area contributed by atoms with Crippen LogP contribution >= 0.6 is 24.0 Å². The number of ether oxygens (including phenoxy) is 2. The number of nitrogens with zero attached hydrogens (tertiary/aromatic N) is 2. The second-order valence-corrected chi connectivity index (χ2v) is 6.74. The van der Waals surface area contributed by atoms with Gasteiger partial charge < -0.3 is 14.4 Å². The first-order chi connectivity index (χ1) is 9.74. The van der Waals surface area contributed by atoms with Gasteiger partial charge in [-0.15, -0.1) is 0 Å². The summed E-state index contributed by atoms with van der Waals surface area (Å²) in [6, 6.07) is 0. The maximum atomic E-state index is 12.4. The summed E-state index contributed by atoms with van der Waals surface area (Å²) in [5.41, 5.74) is 0.